The van der Waals surface area contributed by atoms with Gasteiger partial charge in [0.2, 0.25) is 10.0 Å². The molecule has 3 fully saturated rings. The van der Waals surface area contributed by atoms with Crippen LogP contribution in [0.15, 0.2) is 23.1 Å². The number of carbonyl (C=O) groups is 1. The van der Waals surface area contributed by atoms with E-state index < -0.39 is 16.0 Å². The van der Waals surface area contributed by atoms with Crippen LogP contribution in [0.4, 0.5) is 0 Å². The first-order chi connectivity index (χ1) is 10.4. The van der Waals surface area contributed by atoms with Crippen molar-refractivity contribution in [3.05, 3.63) is 28.8 Å². The average Bonchev–Trinajstić information content (AvgIpc) is 3.05. The van der Waals surface area contributed by atoms with Gasteiger partial charge < -0.3 is 9.84 Å². The molecular formula is C14H14ClNO5S. The van der Waals surface area contributed by atoms with E-state index in [1.165, 1.54) is 12.1 Å². The second-order valence-corrected chi connectivity index (χ2v) is 8.21. The molecule has 2 bridgehead atoms. The van der Waals surface area contributed by atoms with E-state index in [-0.39, 0.29) is 33.7 Å². The van der Waals surface area contributed by atoms with Gasteiger partial charge in [-0.2, -0.15) is 0 Å². The van der Waals surface area contributed by atoms with Gasteiger partial charge in [-0.05, 0) is 42.9 Å². The van der Waals surface area contributed by atoms with Crippen LogP contribution >= 0.6 is 11.6 Å². The lowest BCUT2D eigenvalue weighted by atomic mass is 9.96. The maximum atomic E-state index is 12.5. The van der Waals surface area contributed by atoms with Gasteiger partial charge in [0.15, 0.2) is 0 Å². The van der Waals surface area contributed by atoms with E-state index in [4.69, 9.17) is 21.4 Å². The number of aromatic carboxylic acids is 1. The summed E-state index contributed by atoms with van der Waals surface area (Å²) in [6, 6.07) is 3.38. The fraction of sp³-hybridized carbons (Fsp3) is 0.500. The van der Waals surface area contributed by atoms with Gasteiger partial charge in [-0.1, -0.05) is 11.6 Å². The molecule has 1 aromatic rings. The summed E-state index contributed by atoms with van der Waals surface area (Å²) < 4.78 is 33.4. The Morgan fingerprint density at radius 2 is 2.09 bits per heavy atom. The smallest absolute Gasteiger partial charge is 0.335 e. The second kappa shape index (κ2) is 4.67. The summed E-state index contributed by atoms with van der Waals surface area (Å²) in [5.41, 5.74) is -0.0481. The fourth-order valence-electron chi connectivity index (χ4n) is 3.68. The van der Waals surface area contributed by atoms with Crippen molar-refractivity contribution in [2.45, 2.75) is 36.0 Å². The van der Waals surface area contributed by atoms with Gasteiger partial charge in [-0.3, -0.25) is 0 Å². The molecule has 1 saturated carbocycles. The number of carboxylic acid groups (broad SMARTS) is 1. The van der Waals surface area contributed by atoms with E-state index in [0.29, 0.717) is 18.3 Å². The van der Waals surface area contributed by atoms with Crippen molar-refractivity contribution in [2.24, 2.45) is 11.8 Å². The van der Waals surface area contributed by atoms with E-state index in [0.717, 1.165) is 12.5 Å². The maximum absolute atomic E-state index is 12.5. The zero-order valence-corrected chi connectivity index (χ0v) is 13.0. The molecule has 5 atom stereocenters. The lowest BCUT2D eigenvalue weighted by Crippen LogP contribution is -2.42. The summed E-state index contributed by atoms with van der Waals surface area (Å²) in [6.45, 7) is 0. The van der Waals surface area contributed by atoms with Gasteiger partial charge >= 0.3 is 5.97 Å². The summed E-state index contributed by atoms with van der Waals surface area (Å²) in [4.78, 5) is 10.8. The van der Waals surface area contributed by atoms with Crippen molar-refractivity contribution >= 4 is 27.6 Å². The molecule has 22 heavy (non-hydrogen) atoms. The molecule has 2 heterocycles. The SMILES string of the molecule is O=C(O)c1ccc(S(=O)(=O)N[C@@H]2C[C@@H]3O[C@H]2[C@H]2C[C@H]23)c(Cl)c1. The first-order valence-electron chi connectivity index (χ1n) is 7.07. The summed E-state index contributed by atoms with van der Waals surface area (Å²) in [6.07, 6.45) is 1.95. The third-order valence-electron chi connectivity index (χ3n) is 4.78. The minimum Gasteiger partial charge on any atom is -0.478 e. The summed E-state index contributed by atoms with van der Waals surface area (Å²) in [7, 11) is -3.80. The molecule has 4 rings (SSSR count). The molecule has 3 aliphatic rings. The molecule has 0 radical (unpaired) electrons. The number of ether oxygens (including phenoxy) is 1. The van der Waals surface area contributed by atoms with Gasteiger partial charge in [0, 0.05) is 0 Å². The van der Waals surface area contributed by atoms with Crippen LogP contribution in [-0.2, 0) is 14.8 Å². The van der Waals surface area contributed by atoms with Gasteiger partial charge in [-0.25, -0.2) is 17.9 Å². The van der Waals surface area contributed by atoms with E-state index in [9.17, 15) is 13.2 Å². The Kier molecular flexibility index (Phi) is 3.07. The normalized spacial score (nSPS) is 35.4. The molecule has 1 aliphatic carbocycles. The van der Waals surface area contributed by atoms with Gasteiger partial charge in [0.1, 0.15) is 4.90 Å². The van der Waals surface area contributed by atoms with Crippen molar-refractivity contribution in [1.29, 1.82) is 0 Å². The van der Waals surface area contributed by atoms with Crippen LogP contribution in [0.1, 0.15) is 23.2 Å². The number of rotatable bonds is 4. The summed E-state index contributed by atoms with van der Waals surface area (Å²) in [5, 5.41) is 8.80. The van der Waals surface area contributed by atoms with Crippen LogP contribution in [0, 0.1) is 11.8 Å². The standard InChI is InChI=1S/C14H14ClNO5S/c15-9-3-6(14(17)18)1-2-12(9)22(19,20)16-10-5-11-7-4-8(7)13(10)21-11/h1-3,7-8,10-11,13,16H,4-5H2,(H,17,18)/t7-,8+,10-,11+,13+/m1/s1. The van der Waals surface area contributed by atoms with Gasteiger partial charge in [0.25, 0.3) is 0 Å². The monoisotopic (exact) mass is 343 g/mol. The molecule has 0 aromatic heterocycles. The Morgan fingerprint density at radius 1 is 1.32 bits per heavy atom. The highest BCUT2D eigenvalue weighted by Crippen LogP contribution is 2.58. The fourth-order valence-corrected chi connectivity index (χ4v) is 5.49. The largest absolute Gasteiger partial charge is 0.478 e. The Bertz CT molecular complexity index is 764. The van der Waals surface area contributed by atoms with Crippen LogP contribution in [-0.4, -0.2) is 37.7 Å². The Balaban J connectivity index is 1.57. The number of hydrogen-bond acceptors (Lipinski definition) is 4. The van der Waals surface area contributed by atoms with Crippen LogP contribution in [0.5, 0.6) is 0 Å². The predicted octanol–water partition coefficient (Wildman–Crippen LogP) is 1.49. The first kappa shape index (κ1) is 14.4. The third-order valence-corrected chi connectivity index (χ3v) is 6.75. The summed E-state index contributed by atoms with van der Waals surface area (Å²) >= 11 is 5.95. The number of sulfonamides is 1. The first-order valence-corrected chi connectivity index (χ1v) is 8.93. The van der Waals surface area contributed by atoms with Crippen LogP contribution in [0.3, 0.4) is 0 Å². The van der Waals surface area contributed by atoms with Crippen LogP contribution in [0.25, 0.3) is 0 Å². The molecule has 2 N–H and O–H groups in total. The van der Waals surface area contributed by atoms with Gasteiger partial charge in [-0.15, -0.1) is 0 Å². The van der Waals surface area contributed by atoms with E-state index in [1.807, 2.05) is 0 Å². The van der Waals surface area contributed by atoms with Crippen molar-refractivity contribution < 1.29 is 23.1 Å². The molecule has 8 heteroatoms. The highest BCUT2D eigenvalue weighted by molar-refractivity contribution is 7.89. The lowest BCUT2D eigenvalue weighted by molar-refractivity contribution is 0.0677. The minimum absolute atomic E-state index is 0.0400. The molecular weight excluding hydrogens is 330 g/mol. The van der Waals surface area contributed by atoms with Crippen molar-refractivity contribution in [3.63, 3.8) is 0 Å². The molecule has 2 saturated heterocycles. The average molecular weight is 344 g/mol. The van der Waals surface area contributed by atoms with Crippen molar-refractivity contribution in [1.82, 2.24) is 4.72 Å². The lowest BCUT2D eigenvalue weighted by Gasteiger charge is -2.20. The molecule has 118 valence electrons. The number of hydrogen-bond donors (Lipinski definition) is 2. The van der Waals surface area contributed by atoms with Crippen LogP contribution in [0.2, 0.25) is 5.02 Å². The number of carboxylic acids is 1. The van der Waals surface area contributed by atoms with Crippen LogP contribution < -0.4 is 4.72 Å². The second-order valence-electron chi connectivity index (χ2n) is 6.12. The molecule has 0 amide bonds. The molecule has 2 aliphatic heterocycles. The maximum Gasteiger partial charge on any atom is 0.335 e. The zero-order chi connectivity index (χ0) is 15.6. The topological polar surface area (TPSA) is 92.7 Å². The van der Waals surface area contributed by atoms with Crippen molar-refractivity contribution in [2.75, 3.05) is 0 Å². The number of fused-ring (bicyclic) bond motifs is 5. The summed E-state index contributed by atoms with van der Waals surface area (Å²) in [5.74, 6) is -0.0550. The minimum atomic E-state index is -3.80. The zero-order valence-electron chi connectivity index (χ0n) is 11.4. The van der Waals surface area contributed by atoms with E-state index in [1.54, 1.807) is 0 Å². The molecule has 0 unspecified atom stereocenters. The number of halogens is 1. The highest BCUT2D eigenvalue weighted by Gasteiger charge is 2.63. The molecule has 1 aromatic carbocycles. The van der Waals surface area contributed by atoms with Gasteiger partial charge in [0.05, 0.1) is 28.8 Å². The molecule has 0 spiro atoms. The predicted molar refractivity (Wildman–Crippen MR) is 77.4 cm³/mol. The highest BCUT2D eigenvalue weighted by atomic mass is 35.5. The van der Waals surface area contributed by atoms with E-state index in [2.05, 4.69) is 4.72 Å². The molecule has 6 nitrogen and oxygen atoms in total. The Morgan fingerprint density at radius 3 is 2.68 bits per heavy atom. The third kappa shape index (κ3) is 2.15. The quantitative estimate of drug-likeness (QED) is 0.864. The van der Waals surface area contributed by atoms with E-state index >= 15 is 0 Å². The Labute approximate surface area is 132 Å². The van der Waals surface area contributed by atoms with Crippen molar-refractivity contribution in [3.8, 4) is 0 Å². The number of benzene rings is 1. The Hall–Kier alpha value is -1.15. The number of nitrogens with one attached hydrogen (secondary N) is 1.